The quantitative estimate of drug-likeness (QED) is 0.526. The molecule has 1 saturated carbocycles. The number of hydrogen-bond acceptors (Lipinski definition) is 6. The summed E-state index contributed by atoms with van der Waals surface area (Å²) in [4.78, 5) is 28.5. The van der Waals surface area contributed by atoms with Gasteiger partial charge < -0.3 is 10.1 Å². The van der Waals surface area contributed by atoms with Crippen molar-refractivity contribution < 1.29 is 9.53 Å². The zero-order valence-electron chi connectivity index (χ0n) is 15.8. The molecule has 6 nitrogen and oxygen atoms in total. The summed E-state index contributed by atoms with van der Waals surface area (Å²) in [5.41, 5.74) is 1.11. The molecule has 2 aromatic heterocycles. The van der Waals surface area contributed by atoms with Gasteiger partial charge in [-0.1, -0.05) is 6.42 Å². The fourth-order valence-electron chi connectivity index (χ4n) is 3.74. The van der Waals surface area contributed by atoms with E-state index >= 15 is 0 Å². The molecule has 0 radical (unpaired) electrons. The molecule has 3 aromatic rings. The number of nitrogens with zero attached hydrogens (tertiary/aromatic N) is 2. The maximum atomic E-state index is 12.7. The van der Waals surface area contributed by atoms with Crippen LogP contribution in [0.4, 0.5) is 0 Å². The van der Waals surface area contributed by atoms with Gasteiger partial charge in [-0.15, -0.1) is 11.3 Å². The lowest BCUT2D eigenvalue weighted by molar-refractivity contribution is 0.112. The highest BCUT2D eigenvalue weighted by molar-refractivity contribution is 7.20. The van der Waals surface area contributed by atoms with Crippen LogP contribution in [-0.4, -0.2) is 35.0 Å². The van der Waals surface area contributed by atoms with Crippen molar-refractivity contribution in [2.75, 3.05) is 7.05 Å². The molecule has 0 unspecified atom stereocenters. The summed E-state index contributed by atoms with van der Waals surface area (Å²) in [6.07, 6.45) is 8.15. The van der Waals surface area contributed by atoms with E-state index in [4.69, 9.17) is 4.74 Å². The van der Waals surface area contributed by atoms with Gasteiger partial charge in [0.05, 0.1) is 16.1 Å². The number of ether oxygens (including phenoxy) is 1. The Kier molecular flexibility index (Phi) is 5.54. The van der Waals surface area contributed by atoms with Gasteiger partial charge in [-0.25, -0.2) is 4.98 Å². The van der Waals surface area contributed by atoms with Crippen LogP contribution >= 0.6 is 11.3 Å². The van der Waals surface area contributed by atoms with Gasteiger partial charge in [-0.3, -0.25) is 14.2 Å². The maximum absolute atomic E-state index is 12.7. The SMILES string of the molecule is CN[C@H]1CCCC[C@H](Oc2ccc(-n3cnc4cc(C=O)sc4c3=O)cc2)C1. The Morgan fingerprint density at radius 2 is 2.04 bits per heavy atom. The lowest BCUT2D eigenvalue weighted by atomic mass is 10.1. The third-order valence-electron chi connectivity index (χ3n) is 5.28. The van der Waals surface area contributed by atoms with E-state index in [1.54, 1.807) is 6.07 Å². The first-order valence-corrected chi connectivity index (χ1v) is 10.4. The van der Waals surface area contributed by atoms with Crippen LogP contribution in [-0.2, 0) is 0 Å². The van der Waals surface area contributed by atoms with Crippen LogP contribution in [0.5, 0.6) is 5.75 Å². The first-order valence-electron chi connectivity index (χ1n) is 9.58. The highest BCUT2D eigenvalue weighted by Gasteiger charge is 2.20. The number of aldehydes is 1. The molecule has 1 aromatic carbocycles. The molecule has 1 aliphatic carbocycles. The summed E-state index contributed by atoms with van der Waals surface area (Å²) in [6.45, 7) is 0. The van der Waals surface area contributed by atoms with Gasteiger partial charge >= 0.3 is 0 Å². The molecule has 0 bridgehead atoms. The Bertz CT molecular complexity index is 1030. The number of nitrogens with one attached hydrogen (secondary N) is 1. The summed E-state index contributed by atoms with van der Waals surface area (Å²) in [5, 5.41) is 3.37. The van der Waals surface area contributed by atoms with Crippen LogP contribution in [0.1, 0.15) is 41.8 Å². The maximum Gasteiger partial charge on any atom is 0.275 e. The van der Waals surface area contributed by atoms with Crippen LogP contribution in [0, 0.1) is 0 Å². The number of rotatable bonds is 5. The molecule has 0 aliphatic heterocycles. The molecule has 0 amide bonds. The first kappa shape index (κ1) is 18.8. The lowest BCUT2D eigenvalue weighted by Gasteiger charge is -2.21. The van der Waals surface area contributed by atoms with E-state index in [9.17, 15) is 9.59 Å². The summed E-state index contributed by atoms with van der Waals surface area (Å²) < 4.78 is 8.18. The summed E-state index contributed by atoms with van der Waals surface area (Å²) in [6, 6.07) is 9.67. The Labute approximate surface area is 167 Å². The predicted molar refractivity (Wildman–Crippen MR) is 111 cm³/mol. The number of carbonyl (C=O) groups is 1. The molecule has 2 heterocycles. The minimum Gasteiger partial charge on any atom is -0.490 e. The second-order valence-corrected chi connectivity index (χ2v) is 8.22. The number of hydrogen-bond donors (Lipinski definition) is 1. The van der Waals surface area contributed by atoms with Crippen molar-refractivity contribution in [3.8, 4) is 11.4 Å². The van der Waals surface area contributed by atoms with E-state index < -0.39 is 0 Å². The molecule has 1 aliphatic rings. The molecule has 7 heteroatoms. The zero-order valence-corrected chi connectivity index (χ0v) is 16.6. The molecule has 1 fully saturated rings. The molecular weight excluding hydrogens is 374 g/mol. The van der Waals surface area contributed by atoms with Crippen molar-refractivity contribution in [3.05, 3.63) is 51.9 Å². The normalized spacial score (nSPS) is 20.0. The fourth-order valence-corrected chi connectivity index (χ4v) is 4.59. The first-order chi connectivity index (χ1) is 13.7. The van der Waals surface area contributed by atoms with E-state index in [2.05, 4.69) is 10.3 Å². The summed E-state index contributed by atoms with van der Waals surface area (Å²) in [5.74, 6) is 0.812. The third kappa shape index (κ3) is 3.86. The summed E-state index contributed by atoms with van der Waals surface area (Å²) in [7, 11) is 2.01. The van der Waals surface area contributed by atoms with Gasteiger partial charge in [0.15, 0.2) is 6.29 Å². The Morgan fingerprint density at radius 3 is 2.79 bits per heavy atom. The molecule has 0 spiro atoms. The smallest absolute Gasteiger partial charge is 0.275 e. The average molecular weight is 398 g/mol. The van der Waals surface area contributed by atoms with Gasteiger partial charge in [-0.2, -0.15) is 0 Å². The van der Waals surface area contributed by atoms with Gasteiger partial charge in [0.1, 0.15) is 22.9 Å². The van der Waals surface area contributed by atoms with Gasteiger partial charge in [-0.05, 0) is 63.1 Å². The molecule has 28 heavy (non-hydrogen) atoms. The lowest BCUT2D eigenvalue weighted by Crippen LogP contribution is -2.30. The number of benzene rings is 1. The van der Waals surface area contributed by atoms with E-state index in [1.165, 1.54) is 41.5 Å². The van der Waals surface area contributed by atoms with Crippen molar-refractivity contribution in [1.29, 1.82) is 0 Å². The Hall–Kier alpha value is -2.51. The minimum atomic E-state index is -0.169. The second-order valence-electron chi connectivity index (χ2n) is 7.14. The van der Waals surface area contributed by atoms with Gasteiger partial charge in [0, 0.05) is 6.04 Å². The van der Waals surface area contributed by atoms with Crippen LogP contribution < -0.4 is 15.6 Å². The van der Waals surface area contributed by atoms with Crippen LogP contribution in [0.15, 0.2) is 41.5 Å². The molecule has 146 valence electrons. The van der Waals surface area contributed by atoms with Crippen LogP contribution in [0.2, 0.25) is 0 Å². The largest absolute Gasteiger partial charge is 0.490 e. The molecule has 0 saturated heterocycles. The van der Waals surface area contributed by atoms with Crippen molar-refractivity contribution >= 4 is 27.8 Å². The fraction of sp³-hybridized carbons (Fsp3) is 0.381. The number of aromatic nitrogens is 2. The Morgan fingerprint density at radius 1 is 1.25 bits per heavy atom. The average Bonchev–Trinajstić information content (AvgIpc) is 3.02. The van der Waals surface area contributed by atoms with E-state index in [-0.39, 0.29) is 11.7 Å². The van der Waals surface area contributed by atoms with Crippen molar-refractivity contribution in [2.24, 2.45) is 0 Å². The number of thiophene rings is 1. The van der Waals surface area contributed by atoms with Crippen LogP contribution in [0.3, 0.4) is 0 Å². The van der Waals surface area contributed by atoms with Crippen LogP contribution in [0.25, 0.3) is 15.9 Å². The second kappa shape index (κ2) is 8.24. The van der Waals surface area contributed by atoms with E-state index in [0.29, 0.717) is 21.1 Å². The standard InChI is InChI=1S/C21H23N3O3S/c1-22-14-4-2-3-5-17(10-14)27-16-8-6-15(7-9-16)24-13-23-19-11-18(12-25)28-20(19)21(24)26/h6-9,11-14,17,22H,2-5,10H2,1H3/t14-,17-/m0/s1. The van der Waals surface area contributed by atoms with Crippen molar-refractivity contribution in [3.63, 3.8) is 0 Å². The van der Waals surface area contributed by atoms with Crippen molar-refractivity contribution in [2.45, 2.75) is 44.2 Å². The number of carbonyl (C=O) groups excluding carboxylic acids is 1. The minimum absolute atomic E-state index is 0.169. The zero-order chi connectivity index (χ0) is 19.5. The molecule has 2 atom stereocenters. The molecule has 1 N–H and O–H groups in total. The predicted octanol–water partition coefficient (Wildman–Crippen LogP) is 3.56. The van der Waals surface area contributed by atoms with E-state index in [0.717, 1.165) is 30.6 Å². The van der Waals surface area contributed by atoms with Gasteiger partial charge in [0.2, 0.25) is 0 Å². The number of fused-ring (bicyclic) bond motifs is 1. The monoisotopic (exact) mass is 397 g/mol. The third-order valence-corrected chi connectivity index (χ3v) is 6.31. The van der Waals surface area contributed by atoms with E-state index in [1.807, 2.05) is 31.3 Å². The van der Waals surface area contributed by atoms with Gasteiger partial charge in [0.25, 0.3) is 5.56 Å². The highest BCUT2D eigenvalue weighted by Crippen LogP contribution is 2.24. The topological polar surface area (TPSA) is 73.2 Å². The highest BCUT2D eigenvalue weighted by atomic mass is 32.1. The van der Waals surface area contributed by atoms with Crippen molar-refractivity contribution in [1.82, 2.24) is 14.9 Å². The molecule has 4 rings (SSSR count). The summed E-state index contributed by atoms with van der Waals surface area (Å²) >= 11 is 1.17. The molecular formula is C21H23N3O3S. The Balaban J connectivity index is 1.54.